The van der Waals surface area contributed by atoms with Gasteiger partial charge in [0.15, 0.2) is 0 Å². The lowest BCUT2D eigenvalue weighted by Crippen LogP contribution is -2.57. The number of aryl methyl sites for hydroxylation is 1. The minimum absolute atomic E-state index is 0.0120. The van der Waals surface area contributed by atoms with Crippen molar-refractivity contribution < 1.29 is 23.9 Å². The van der Waals surface area contributed by atoms with Gasteiger partial charge in [0.05, 0.1) is 26.2 Å². The summed E-state index contributed by atoms with van der Waals surface area (Å²) in [4.78, 5) is 38.8. The molecule has 0 aromatic heterocycles. The van der Waals surface area contributed by atoms with Crippen molar-refractivity contribution in [1.29, 1.82) is 0 Å². The molecule has 0 spiro atoms. The normalized spacial score (nSPS) is 15.8. The van der Waals surface area contributed by atoms with Gasteiger partial charge >= 0.3 is 5.97 Å². The minimum Gasteiger partial charge on any atom is -0.494 e. The molecule has 1 heterocycles. The van der Waals surface area contributed by atoms with E-state index in [9.17, 15) is 14.4 Å². The maximum absolute atomic E-state index is 12.6. The number of carbonyl (C=O) groups is 3. The molecule has 8 nitrogen and oxygen atoms in total. The summed E-state index contributed by atoms with van der Waals surface area (Å²) in [6, 6.07) is 16.8. The first-order chi connectivity index (χ1) is 17.0. The highest BCUT2D eigenvalue weighted by molar-refractivity contribution is 5.93. The smallest absolute Gasteiger partial charge is 0.307 e. The molecule has 2 N–H and O–H groups in total. The summed E-state index contributed by atoms with van der Waals surface area (Å²) in [7, 11) is 0. The predicted octanol–water partition coefficient (Wildman–Crippen LogP) is 3.17. The zero-order valence-electron chi connectivity index (χ0n) is 20.3. The summed E-state index contributed by atoms with van der Waals surface area (Å²) in [6.07, 6.45) is 3.51. The highest BCUT2D eigenvalue weighted by Gasteiger charge is 2.33. The van der Waals surface area contributed by atoms with Crippen LogP contribution in [0.5, 0.6) is 5.75 Å². The summed E-state index contributed by atoms with van der Waals surface area (Å²) in [6.45, 7) is 3.90. The van der Waals surface area contributed by atoms with E-state index in [0.717, 1.165) is 31.4 Å². The van der Waals surface area contributed by atoms with Gasteiger partial charge in [0, 0.05) is 18.8 Å². The number of hydrogen-bond donors (Lipinski definition) is 2. The van der Waals surface area contributed by atoms with E-state index in [2.05, 4.69) is 22.8 Å². The molecular formula is C27H35N3O5. The summed E-state index contributed by atoms with van der Waals surface area (Å²) in [5, 5.41) is 5.61. The van der Waals surface area contributed by atoms with Gasteiger partial charge in [0.2, 0.25) is 11.8 Å². The molecule has 3 rings (SSSR count). The second-order valence-corrected chi connectivity index (χ2v) is 8.57. The zero-order valence-corrected chi connectivity index (χ0v) is 20.3. The fourth-order valence-electron chi connectivity index (χ4n) is 3.85. The number of esters is 1. The van der Waals surface area contributed by atoms with Crippen molar-refractivity contribution in [3.8, 4) is 5.75 Å². The van der Waals surface area contributed by atoms with Crippen molar-refractivity contribution in [2.24, 2.45) is 0 Å². The number of benzene rings is 2. The van der Waals surface area contributed by atoms with E-state index < -0.39 is 12.0 Å². The quantitative estimate of drug-likeness (QED) is 0.337. The van der Waals surface area contributed by atoms with Crippen molar-refractivity contribution in [1.82, 2.24) is 10.2 Å². The fraction of sp³-hybridized carbons (Fsp3) is 0.444. The number of hydrogen-bond acceptors (Lipinski definition) is 6. The van der Waals surface area contributed by atoms with E-state index in [1.807, 2.05) is 37.3 Å². The standard InChI is InChI=1S/C27H35N3O5/c1-2-3-17-35-26(32)19-24-27(33)28-15-16-30(24)20-25(31)29-22-11-13-23(14-12-22)34-18-7-10-21-8-5-4-6-9-21/h4-6,8-9,11-14,24H,2-3,7,10,15-20H2,1H3,(H,28,33)(H,29,31). The van der Waals surface area contributed by atoms with Gasteiger partial charge in [0.1, 0.15) is 11.8 Å². The lowest BCUT2D eigenvalue weighted by atomic mass is 10.1. The molecule has 2 aromatic rings. The molecule has 2 amide bonds. The monoisotopic (exact) mass is 481 g/mol. The fourth-order valence-corrected chi connectivity index (χ4v) is 3.85. The van der Waals surface area contributed by atoms with E-state index in [4.69, 9.17) is 9.47 Å². The Morgan fingerprint density at radius 3 is 2.57 bits per heavy atom. The number of amides is 2. The molecule has 1 aliphatic heterocycles. The Morgan fingerprint density at radius 1 is 1.06 bits per heavy atom. The van der Waals surface area contributed by atoms with Crippen LogP contribution in [0.25, 0.3) is 0 Å². The van der Waals surface area contributed by atoms with Crippen LogP contribution in [0.3, 0.4) is 0 Å². The van der Waals surface area contributed by atoms with Gasteiger partial charge in [-0.3, -0.25) is 19.3 Å². The molecule has 35 heavy (non-hydrogen) atoms. The highest BCUT2D eigenvalue weighted by atomic mass is 16.5. The SMILES string of the molecule is CCCCOC(=O)CC1C(=O)NCCN1CC(=O)Nc1ccc(OCCCc2ccccc2)cc1. The lowest BCUT2D eigenvalue weighted by molar-refractivity contribution is -0.149. The van der Waals surface area contributed by atoms with Gasteiger partial charge in [-0.15, -0.1) is 0 Å². The second-order valence-electron chi connectivity index (χ2n) is 8.57. The number of unbranched alkanes of at least 4 members (excludes halogenated alkanes) is 1. The maximum atomic E-state index is 12.6. The van der Waals surface area contributed by atoms with Gasteiger partial charge in [-0.05, 0) is 49.1 Å². The van der Waals surface area contributed by atoms with Gasteiger partial charge in [-0.25, -0.2) is 0 Å². The molecule has 8 heteroatoms. The Kier molecular flexibility index (Phi) is 10.6. The molecule has 188 valence electrons. The van der Waals surface area contributed by atoms with Crippen LogP contribution in [0, 0.1) is 0 Å². The number of nitrogens with one attached hydrogen (secondary N) is 2. The van der Waals surface area contributed by atoms with Crippen molar-refractivity contribution in [3.05, 3.63) is 60.2 Å². The molecule has 1 aliphatic rings. The van der Waals surface area contributed by atoms with Crippen LogP contribution in [0.2, 0.25) is 0 Å². The largest absolute Gasteiger partial charge is 0.494 e. The summed E-state index contributed by atoms with van der Waals surface area (Å²) in [5.41, 5.74) is 1.93. The zero-order chi connectivity index (χ0) is 24.9. The number of nitrogens with zero attached hydrogens (tertiary/aromatic N) is 1. The van der Waals surface area contributed by atoms with E-state index in [1.165, 1.54) is 5.56 Å². The van der Waals surface area contributed by atoms with E-state index >= 15 is 0 Å². The Hall–Kier alpha value is -3.39. The van der Waals surface area contributed by atoms with Crippen LogP contribution in [-0.2, 0) is 25.5 Å². The predicted molar refractivity (Wildman–Crippen MR) is 134 cm³/mol. The average Bonchev–Trinajstić information content (AvgIpc) is 2.86. The van der Waals surface area contributed by atoms with Crippen LogP contribution in [-0.4, -0.2) is 61.6 Å². The van der Waals surface area contributed by atoms with Crippen molar-refractivity contribution in [3.63, 3.8) is 0 Å². The molecule has 1 atom stereocenters. The third-order valence-electron chi connectivity index (χ3n) is 5.77. The molecule has 0 radical (unpaired) electrons. The molecule has 1 fully saturated rings. The maximum Gasteiger partial charge on any atom is 0.307 e. The third-order valence-corrected chi connectivity index (χ3v) is 5.77. The number of anilines is 1. The Labute approximate surface area is 207 Å². The number of piperazine rings is 1. The molecule has 0 aliphatic carbocycles. The van der Waals surface area contributed by atoms with Crippen LogP contribution in [0.4, 0.5) is 5.69 Å². The average molecular weight is 482 g/mol. The van der Waals surface area contributed by atoms with E-state index in [0.29, 0.717) is 32.0 Å². The Balaban J connectivity index is 1.43. The summed E-state index contributed by atoms with van der Waals surface area (Å²) >= 11 is 0. The first-order valence-corrected chi connectivity index (χ1v) is 12.3. The Bertz CT molecular complexity index is 949. The first-order valence-electron chi connectivity index (χ1n) is 12.3. The van der Waals surface area contributed by atoms with Crippen LogP contribution >= 0.6 is 0 Å². The molecule has 2 aromatic carbocycles. The number of rotatable bonds is 13. The second kappa shape index (κ2) is 14.1. The first kappa shape index (κ1) is 26.2. The van der Waals surface area contributed by atoms with E-state index in [1.54, 1.807) is 17.0 Å². The number of ether oxygens (including phenoxy) is 2. The molecular weight excluding hydrogens is 446 g/mol. The minimum atomic E-state index is -0.713. The van der Waals surface area contributed by atoms with Gasteiger partial charge in [-0.1, -0.05) is 43.7 Å². The highest BCUT2D eigenvalue weighted by Crippen LogP contribution is 2.17. The molecule has 0 saturated carbocycles. The van der Waals surface area contributed by atoms with Crippen LogP contribution in [0.15, 0.2) is 54.6 Å². The molecule has 1 saturated heterocycles. The van der Waals surface area contributed by atoms with Crippen LogP contribution < -0.4 is 15.4 Å². The van der Waals surface area contributed by atoms with Crippen molar-refractivity contribution >= 4 is 23.5 Å². The lowest BCUT2D eigenvalue weighted by Gasteiger charge is -2.33. The van der Waals surface area contributed by atoms with Gasteiger partial charge in [-0.2, -0.15) is 0 Å². The third kappa shape index (κ3) is 9.05. The van der Waals surface area contributed by atoms with Gasteiger partial charge < -0.3 is 20.1 Å². The van der Waals surface area contributed by atoms with Crippen LogP contribution in [0.1, 0.15) is 38.2 Å². The molecule has 1 unspecified atom stereocenters. The van der Waals surface area contributed by atoms with Crippen molar-refractivity contribution in [2.75, 3.05) is 38.2 Å². The molecule has 0 bridgehead atoms. The topological polar surface area (TPSA) is 97.0 Å². The van der Waals surface area contributed by atoms with Crippen molar-refractivity contribution in [2.45, 2.75) is 45.1 Å². The summed E-state index contributed by atoms with van der Waals surface area (Å²) < 4.78 is 11.0. The number of carbonyl (C=O) groups excluding carboxylic acids is 3. The van der Waals surface area contributed by atoms with Gasteiger partial charge in [0.25, 0.3) is 0 Å². The summed E-state index contributed by atoms with van der Waals surface area (Å²) in [5.74, 6) is -0.193. The van der Waals surface area contributed by atoms with E-state index in [-0.39, 0.29) is 24.8 Å². The Morgan fingerprint density at radius 2 is 1.83 bits per heavy atom.